The normalized spacial score (nSPS) is 38.0. The molecular formula is C13H24N2O2. The fourth-order valence-corrected chi connectivity index (χ4v) is 3.04. The monoisotopic (exact) mass is 240 g/mol. The van der Waals surface area contributed by atoms with E-state index in [1.54, 1.807) is 0 Å². The van der Waals surface area contributed by atoms with Gasteiger partial charge in [-0.3, -0.25) is 4.79 Å². The summed E-state index contributed by atoms with van der Waals surface area (Å²) < 4.78 is 5.46. The third-order valence-electron chi connectivity index (χ3n) is 4.30. The summed E-state index contributed by atoms with van der Waals surface area (Å²) in [5.74, 6) is 1.43. The van der Waals surface area contributed by atoms with Crippen molar-refractivity contribution in [3.8, 4) is 0 Å². The molecule has 4 heteroatoms. The van der Waals surface area contributed by atoms with Crippen molar-refractivity contribution in [1.82, 2.24) is 10.6 Å². The van der Waals surface area contributed by atoms with Gasteiger partial charge < -0.3 is 15.4 Å². The summed E-state index contributed by atoms with van der Waals surface area (Å²) in [6.45, 7) is 6.62. The van der Waals surface area contributed by atoms with Gasteiger partial charge in [0.05, 0.1) is 6.61 Å². The number of hydrogen-bond donors (Lipinski definition) is 2. The van der Waals surface area contributed by atoms with Gasteiger partial charge in [-0.1, -0.05) is 20.3 Å². The molecule has 2 fully saturated rings. The average Bonchev–Trinajstić information content (AvgIpc) is 2.71. The number of ether oxygens (including phenoxy) is 1. The van der Waals surface area contributed by atoms with Gasteiger partial charge in [-0.2, -0.15) is 0 Å². The van der Waals surface area contributed by atoms with Crippen LogP contribution in [0.4, 0.5) is 0 Å². The number of morpholine rings is 1. The van der Waals surface area contributed by atoms with Crippen LogP contribution in [0.15, 0.2) is 0 Å². The largest absolute Gasteiger partial charge is 0.366 e. The van der Waals surface area contributed by atoms with Crippen molar-refractivity contribution in [1.29, 1.82) is 0 Å². The first-order valence-electron chi connectivity index (χ1n) is 6.85. The van der Waals surface area contributed by atoms with Gasteiger partial charge in [0.25, 0.3) is 5.91 Å². The molecule has 1 heterocycles. The van der Waals surface area contributed by atoms with Crippen molar-refractivity contribution in [2.24, 2.45) is 11.8 Å². The molecule has 0 bridgehead atoms. The quantitative estimate of drug-likeness (QED) is 0.771. The van der Waals surface area contributed by atoms with E-state index in [1.165, 1.54) is 12.8 Å². The lowest BCUT2D eigenvalue weighted by molar-refractivity contribution is -0.135. The van der Waals surface area contributed by atoms with Crippen LogP contribution in [0.3, 0.4) is 0 Å². The number of carbonyl (C=O) groups excluding carboxylic acids is 1. The second-order valence-electron chi connectivity index (χ2n) is 5.28. The minimum Gasteiger partial charge on any atom is -0.366 e. The standard InChI is InChI=1S/C13H24N2O2/c1-3-10-4-5-11(9(10)2)15-13(16)12-8-14-6-7-17-12/h9-12,14H,3-8H2,1-2H3,(H,15,16). The molecule has 0 aromatic rings. The van der Waals surface area contributed by atoms with Gasteiger partial charge in [-0.25, -0.2) is 0 Å². The van der Waals surface area contributed by atoms with E-state index in [2.05, 4.69) is 24.5 Å². The summed E-state index contributed by atoms with van der Waals surface area (Å²) in [7, 11) is 0. The SMILES string of the molecule is CCC1CCC(NC(=O)C2CNCCO2)C1C. The first-order valence-corrected chi connectivity index (χ1v) is 6.85. The second-order valence-corrected chi connectivity index (χ2v) is 5.28. The molecule has 1 saturated carbocycles. The van der Waals surface area contributed by atoms with E-state index in [9.17, 15) is 4.79 Å². The van der Waals surface area contributed by atoms with Crippen molar-refractivity contribution < 1.29 is 9.53 Å². The molecule has 1 aliphatic heterocycles. The van der Waals surface area contributed by atoms with Crippen LogP contribution in [-0.4, -0.2) is 37.7 Å². The Morgan fingerprint density at radius 3 is 2.88 bits per heavy atom. The van der Waals surface area contributed by atoms with Crippen LogP contribution in [0.2, 0.25) is 0 Å². The molecule has 2 N–H and O–H groups in total. The predicted molar refractivity (Wildman–Crippen MR) is 66.7 cm³/mol. The molecule has 1 aliphatic carbocycles. The second kappa shape index (κ2) is 5.83. The molecule has 4 atom stereocenters. The van der Waals surface area contributed by atoms with Crippen molar-refractivity contribution in [2.45, 2.75) is 45.3 Å². The summed E-state index contributed by atoms with van der Waals surface area (Å²) in [4.78, 5) is 12.0. The smallest absolute Gasteiger partial charge is 0.250 e. The van der Waals surface area contributed by atoms with Crippen molar-refractivity contribution >= 4 is 5.91 Å². The Hall–Kier alpha value is -0.610. The van der Waals surface area contributed by atoms with Crippen LogP contribution in [0.25, 0.3) is 0 Å². The summed E-state index contributed by atoms with van der Waals surface area (Å²) >= 11 is 0. The molecule has 98 valence electrons. The summed E-state index contributed by atoms with van der Waals surface area (Å²) in [6, 6.07) is 0.345. The number of amides is 1. The Bertz CT molecular complexity index is 264. The van der Waals surface area contributed by atoms with Gasteiger partial charge in [0, 0.05) is 19.1 Å². The van der Waals surface area contributed by atoms with Gasteiger partial charge in [-0.15, -0.1) is 0 Å². The maximum atomic E-state index is 12.0. The molecule has 2 aliphatic rings. The minimum atomic E-state index is -0.295. The topological polar surface area (TPSA) is 50.4 Å². The highest BCUT2D eigenvalue weighted by atomic mass is 16.5. The molecule has 1 saturated heterocycles. The summed E-state index contributed by atoms with van der Waals surface area (Å²) in [6.07, 6.45) is 3.28. The molecule has 4 nitrogen and oxygen atoms in total. The van der Waals surface area contributed by atoms with Gasteiger partial charge >= 0.3 is 0 Å². The zero-order valence-electron chi connectivity index (χ0n) is 10.9. The first-order chi connectivity index (χ1) is 8.22. The lowest BCUT2D eigenvalue weighted by atomic mass is 9.93. The lowest BCUT2D eigenvalue weighted by Crippen LogP contribution is -2.50. The lowest BCUT2D eigenvalue weighted by Gasteiger charge is -2.26. The maximum absolute atomic E-state index is 12.0. The Labute approximate surface area is 103 Å². The summed E-state index contributed by atoms with van der Waals surface area (Å²) in [5, 5.41) is 6.34. The van der Waals surface area contributed by atoms with E-state index in [1.807, 2.05) is 0 Å². The Morgan fingerprint density at radius 1 is 1.47 bits per heavy atom. The molecule has 0 aromatic heterocycles. The molecular weight excluding hydrogens is 216 g/mol. The number of rotatable bonds is 3. The first kappa shape index (κ1) is 12.8. The fraction of sp³-hybridized carbons (Fsp3) is 0.923. The van der Waals surface area contributed by atoms with Gasteiger partial charge in [0.2, 0.25) is 0 Å². The van der Waals surface area contributed by atoms with E-state index < -0.39 is 0 Å². The molecule has 1 amide bonds. The van der Waals surface area contributed by atoms with Crippen LogP contribution in [0.1, 0.15) is 33.1 Å². The van der Waals surface area contributed by atoms with Crippen LogP contribution >= 0.6 is 0 Å². The Balaban J connectivity index is 1.82. The van der Waals surface area contributed by atoms with E-state index >= 15 is 0 Å². The Kier molecular flexibility index (Phi) is 4.40. The van der Waals surface area contributed by atoms with Gasteiger partial charge in [0.15, 0.2) is 0 Å². The number of hydrogen-bond acceptors (Lipinski definition) is 3. The van der Waals surface area contributed by atoms with E-state index in [4.69, 9.17) is 4.74 Å². The van der Waals surface area contributed by atoms with Crippen LogP contribution in [-0.2, 0) is 9.53 Å². The fourth-order valence-electron chi connectivity index (χ4n) is 3.04. The highest BCUT2D eigenvalue weighted by molar-refractivity contribution is 5.81. The molecule has 0 aromatic carbocycles. The van der Waals surface area contributed by atoms with Crippen molar-refractivity contribution in [3.05, 3.63) is 0 Å². The van der Waals surface area contributed by atoms with Crippen molar-refractivity contribution in [3.63, 3.8) is 0 Å². The third-order valence-corrected chi connectivity index (χ3v) is 4.30. The number of nitrogens with one attached hydrogen (secondary N) is 2. The van der Waals surface area contributed by atoms with E-state index in [-0.39, 0.29) is 12.0 Å². The molecule has 0 radical (unpaired) electrons. The Morgan fingerprint density at radius 2 is 2.29 bits per heavy atom. The van der Waals surface area contributed by atoms with Crippen LogP contribution < -0.4 is 10.6 Å². The van der Waals surface area contributed by atoms with Gasteiger partial charge in [0.1, 0.15) is 6.10 Å². The molecule has 4 unspecified atom stereocenters. The van der Waals surface area contributed by atoms with E-state index in [0.717, 1.165) is 18.9 Å². The zero-order valence-corrected chi connectivity index (χ0v) is 10.9. The van der Waals surface area contributed by atoms with E-state index in [0.29, 0.717) is 25.1 Å². The zero-order chi connectivity index (χ0) is 12.3. The molecule has 2 rings (SSSR count). The number of carbonyl (C=O) groups is 1. The van der Waals surface area contributed by atoms with Crippen LogP contribution in [0, 0.1) is 11.8 Å². The van der Waals surface area contributed by atoms with Crippen molar-refractivity contribution in [2.75, 3.05) is 19.7 Å². The summed E-state index contributed by atoms with van der Waals surface area (Å²) in [5.41, 5.74) is 0. The van der Waals surface area contributed by atoms with Gasteiger partial charge in [-0.05, 0) is 24.7 Å². The molecule has 0 spiro atoms. The van der Waals surface area contributed by atoms with Crippen LogP contribution in [0.5, 0.6) is 0 Å². The maximum Gasteiger partial charge on any atom is 0.250 e. The third kappa shape index (κ3) is 2.99. The molecule has 17 heavy (non-hydrogen) atoms. The highest BCUT2D eigenvalue weighted by Crippen LogP contribution is 2.33. The predicted octanol–water partition coefficient (Wildman–Crippen LogP) is 0.916. The minimum absolute atomic E-state index is 0.0609. The highest BCUT2D eigenvalue weighted by Gasteiger charge is 2.34. The average molecular weight is 240 g/mol.